The van der Waals surface area contributed by atoms with Crippen molar-refractivity contribution >= 4 is 18.0 Å². The van der Waals surface area contributed by atoms with Gasteiger partial charge in [-0.15, -0.1) is 0 Å². The third-order valence-electron chi connectivity index (χ3n) is 2.02. The minimum absolute atomic E-state index is 0.0231. The standard InChI is InChI=1S/C8H8.C5H9NO4/c1-2-8-6-4-3-5-7-8;6-3(5(9)10)1-2-4(7)8/h2-7H,1H2;3H,1-2,6H2,(H,7,8)(H,9,10)/t;3-/m.0/s1. The van der Waals surface area contributed by atoms with Crippen molar-refractivity contribution in [3.05, 3.63) is 42.5 Å². The van der Waals surface area contributed by atoms with Crippen LogP contribution in [0.5, 0.6) is 0 Å². The van der Waals surface area contributed by atoms with Gasteiger partial charge >= 0.3 is 11.9 Å². The summed E-state index contributed by atoms with van der Waals surface area (Å²) in [4.78, 5) is 19.9. The number of carboxylic acids is 2. The first-order valence-corrected chi connectivity index (χ1v) is 5.35. The normalized spacial score (nSPS) is 10.7. The summed E-state index contributed by atoms with van der Waals surface area (Å²) in [5.41, 5.74) is 6.18. The summed E-state index contributed by atoms with van der Waals surface area (Å²) in [7, 11) is 0. The Hall–Kier alpha value is -2.14. The molecule has 0 spiro atoms. The summed E-state index contributed by atoms with van der Waals surface area (Å²) in [6, 6.07) is 8.97. The molecule has 0 amide bonds. The van der Waals surface area contributed by atoms with E-state index in [0.717, 1.165) is 0 Å². The van der Waals surface area contributed by atoms with E-state index in [1.165, 1.54) is 5.56 Å². The van der Waals surface area contributed by atoms with Gasteiger partial charge < -0.3 is 15.9 Å². The number of nitrogens with two attached hydrogens (primary N) is 1. The van der Waals surface area contributed by atoms with Gasteiger partial charge in [0.05, 0.1) is 0 Å². The number of hydrogen-bond acceptors (Lipinski definition) is 3. The first kappa shape index (κ1) is 15.9. The van der Waals surface area contributed by atoms with Gasteiger partial charge in [-0.05, 0) is 12.0 Å². The molecule has 0 heterocycles. The van der Waals surface area contributed by atoms with Gasteiger partial charge in [-0.3, -0.25) is 9.59 Å². The van der Waals surface area contributed by atoms with E-state index in [4.69, 9.17) is 15.9 Å². The molecule has 0 saturated heterocycles. The van der Waals surface area contributed by atoms with Crippen LogP contribution in [0.4, 0.5) is 0 Å². The molecule has 18 heavy (non-hydrogen) atoms. The SMILES string of the molecule is C=Cc1ccccc1.N[C@@H](CCC(=O)O)C(=O)O. The topological polar surface area (TPSA) is 101 Å². The molecular weight excluding hydrogens is 234 g/mol. The molecule has 4 N–H and O–H groups in total. The molecule has 0 saturated carbocycles. The highest BCUT2D eigenvalue weighted by molar-refractivity contribution is 5.74. The molecule has 0 unspecified atom stereocenters. The zero-order valence-electron chi connectivity index (χ0n) is 9.95. The maximum Gasteiger partial charge on any atom is 0.320 e. The van der Waals surface area contributed by atoms with Crippen LogP contribution in [0, 0.1) is 0 Å². The highest BCUT2D eigenvalue weighted by Gasteiger charge is 2.12. The molecule has 0 bridgehead atoms. The average Bonchev–Trinajstić information content (AvgIpc) is 2.37. The van der Waals surface area contributed by atoms with Crippen LogP contribution in [0.2, 0.25) is 0 Å². The van der Waals surface area contributed by atoms with Crippen LogP contribution in [0.25, 0.3) is 6.08 Å². The first-order chi connectivity index (χ1) is 8.47. The Kier molecular flexibility index (Phi) is 7.89. The molecule has 5 heteroatoms. The van der Waals surface area contributed by atoms with Gasteiger partial charge in [0, 0.05) is 6.42 Å². The molecule has 1 aromatic carbocycles. The van der Waals surface area contributed by atoms with Crippen LogP contribution < -0.4 is 5.73 Å². The van der Waals surface area contributed by atoms with E-state index >= 15 is 0 Å². The molecule has 0 aliphatic rings. The van der Waals surface area contributed by atoms with Gasteiger partial charge in [0.2, 0.25) is 0 Å². The summed E-state index contributed by atoms with van der Waals surface area (Å²) >= 11 is 0. The predicted molar refractivity (Wildman–Crippen MR) is 69.0 cm³/mol. The third kappa shape index (κ3) is 8.06. The van der Waals surface area contributed by atoms with Gasteiger partial charge in [-0.2, -0.15) is 0 Å². The van der Waals surface area contributed by atoms with E-state index in [0.29, 0.717) is 0 Å². The minimum atomic E-state index is -1.17. The van der Waals surface area contributed by atoms with Crippen molar-refractivity contribution in [3.8, 4) is 0 Å². The van der Waals surface area contributed by atoms with Gasteiger partial charge in [0.25, 0.3) is 0 Å². The lowest BCUT2D eigenvalue weighted by molar-refractivity contribution is -0.139. The molecule has 1 atom stereocenters. The Morgan fingerprint density at radius 1 is 1.28 bits per heavy atom. The van der Waals surface area contributed by atoms with E-state index in [1.807, 2.05) is 36.4 Å². The second-order valence-corrected chi connectivity index (χ2v) is 3.49. The predicted octanol–water partition coefficient (Wildman–Crippen LogP) is 1.59. The smallest absolute Gasteiger partial charge is 0.320 e. The van der Waals surface area contributed by atoms with Gasteiger partial charge in [0.1, 0.15) is 6.04 Å². The molecule has 5 nitrogen and oxygen atoms in total. The zero-order valence-corrected chi connectivity index (χ0v) is 9.95. The Balaban J connectivity index is 0.000000327. The van der Waals surface area contributed by atoms with Crippen LogP contribution >= 0.6 is 0 Å². The van der Waals surface area contributed by atoms with E-state index in [1.54, 1.807) is 0 Å². The number of carboxylic acid groups (broad SMARTS) is 2. The van der Waals surface area contributed by atoms with E-state index in [9.17, 15) is 9.59 Å². The molecule has 0 aliphatic heterocycles. The van der Waals surface area contributed by atoms with Crippen LogP contribution in [0.3, 0.4) is 0 Å². The van der Waals surface area contributed by atoms with E-state index in [-0.39, 0.29) is 12.8 Å². The van der Waals surface area contributed by atoms with Crippen LogP contribution in [0.15, 0.2) is 36.9 Å². The van der Waals surface area contributed by atoms with Crippen molar-refractivity contribution in [3.63, 3.8) is 0 Å². The monoisotopic (exact) mass is 251 g/mol. The average molecular weight is 251 g/mol. The first-order valence-electron chi connectivity index (χ1n) is 5.35. The second kappa shape index (κ2) is 8.95. The number of hydrogen-bond donors (Lipinski definition) is 3. The van der Waals surface area contributed by atoms with E-state index in [2.05, 4.69) is 6.58 Å². The highest BCUT2D eigenvalue weighted by Crippen LogP contribution is 1.97. The third-order valence-corrected chi connectivity index (χ3v) is 2.02. The minimum Gasteiger partial charge on any atom is -0.481 e. The molecule has 0 aliphatic carbocycles. The fraction of sp³-hybridized carbons (Fsp3) is 0.231. The van der Waals surface area contributed by atoms with Crippen molar-refractivity contribution in [2.24, 2.45) is 5.73 Å². The van der Waals surface area contributed by atoms with E-state index < -0.39 is 18.0 Å². The van der Waals surface area contributed by atoms with Crippen LogP contribution in [0.1, 0.15) is 18.4 Å². The van der Waals surface area contributed by atoms with Crippen LogP contribution in [-0.2, 0) is 9.59 Å². The number of rotatable bonds is 5. The number of carbonyl (C=O) groups is 2. The fourth-order valence-corrected chi connectivity index (χ4v) is 0.992. The summed E-state index contributed by atoms with van der Waals surface area (Å²) in [5, 5.41) is 16.3. The van der Waals surface area contributed by atoms with Gasteiger partial charge in [-0.25, -0.2) is 0 Å². The summed E-state index contributed by atoms with van der Waals surface area (Å²) in [6.07, 6.45) is 1.61. The molecule has 98 valence electrons. The van der Waals surface area contributed by atoms with Crippen molar-refractivity contribution in [2.45, 2.75) is 18.9 Å². The molecule has 0 fully saturated rings. The molecule has 1 aromatic rings. The molecule has 0 aromatic heterocycles. The zero-order chi connectivity index (χ0) is 14.0. The molecular formula is C13H17NO4. The maximum atomic E-state index is 9.99. The molecule has 1 rings (SSSR count). The van der Waals surface area contributed by atoms with Gasteiger partial charge in [-0.1, -0.05) is 43.0 Å². The fourth-order valence-electron chi connectivity index (χ4n) is 0.992. The lowest BCUT2D eigenvalue weighted by atomic mass is 10.2. The highest BCUT2D eigenvalue weighted by atomic mass is 16.4. The van der Waals surface area contributed by atoms with Crippen molar-refractivity contribution in [1.29, 1.82) is 0 Å². The van der Waals surface area contributed by atoms with Gasteiger partial charge in [0.15, 0.2) is 0 Å². The number of benzene rings is 1. The Labute approximate surface area is 106 Å². The van der Waals surface area contributed by atoms with Crippen LogP contribution in [-0.4, -0.2) is 28.2 Å². The summed E-state index contributed by atoms with van der Waals surface area (Å²) in [5.74, 6) is -2.20. The molecule has 0 radical (unpaired) electrons. The lowest BCUT2D eigenvalue weighted by Gasteiger charge is -2.01. The largest absolute Gasteiger partial charge is 0.481 e. The summed E-state index contributed by atoms with van der Waals surface area (Å²) in [6.45, 7) is 3.63. The Morgan fingerprint density at radius 2 is 1.83 bits per heavy atom. The van der Waals surface area contributed by atoms with Crippen molar-refractivity contribution in [1.82, 2.24) is 0 Å². The quantitative estimate of drug-likeness (QED) is 0.737. The lowest BCUT2D eigenvalue weighted by Crippen LogP contribution is -2.30. The maximum absolute atomic E-state index is 9.99. The Morgan fingerprint density at radius 3 is 2.17 bits per heavy atom. The van der Waals surface area contributed by atoms with Crippen molar-refractivity contribution in [2.75, 3.05) is 0 Å². The summed E-state index contributed by atoms with van der Waals surface area (Å²) < 4.78 is 0. The Bertz CT molecular complexity index is 389. The van der Waals surface area contributed by atoms with Crippen molar-refractivity contribution < 1.29 is 19.8 Å². The number of aliphatic carboxylic acids is 2. The second-order valence-electron chi connectivity index (χ2n) is 3.49.